The number of hydrogen-bond donors (Lipinski definition) is 1. The molecule has 2 aromatic carbocycles. The number of pyridine rings is 2. The van der Waals surface area contributed by atoms with Gasteiger partial charge in [-0.3, -0.25) is 9.78 Å². The first-order valence-corrected chi connectivity index (χ1v) is 10.7. The van der Waals surface area contributed by atoms with Crippen molar-refractivity contribution in [3.63, 3.8) is 0 Å². The van der Waals surface area contributed by atoms with E-state index in [1.165, 1.54) is 24.9 Å². The van der Waals surface area contributed by atoms with Crippen LogP contribution >= 0.6 is 0 Å². The third-order valence-electron chi connectivity index (χ3n) is 5.78. The van der Waals surface area contributed by atoms with Crippen LogP contribution in [0.5, 0.6) is 0 Å². The molecule has 0 atom stereocenters. The molecule has 1 fully saturated rings. The Labute approximate surface area is 181 Å². The van der Waals surface area contributed by atoms with Gasteiger partial charge in [0.1, 0.15) is 0 Å². The Balaban J connectivity index is 1.44. The average Bonchev–Trinajstić information content (AvgIpc) is 2.85. The minimum Gasteiger partial charge on any atom is -0.372 e. The van der Waals surface area contributed by atoms with Gasteiger partial charge in [0.05, 0.1) is 16.8 Å². The van der Waals surface area contributed by atoms with Crippen LogP contribution in [0.1, 0.15) is 29.6 Å². The summed E-state index contributed by atoms with van der Waals surface area (Å²) in [5.41, 5.74) is 5.09. The predicted molar refractivity (Wildman–Crippen MR) is 125 cm³/mol. The van der Waals surface area contributed by atoms with Crippen LogP contribution in [0.4, 0.5) is 11.4 Å². The molecule has 1 aliphatic heterocycles. The second-order valence-corrected chi connectivity index (χ2v) is 7.86. The zero-order valence-corrected chi connectivity index (χ0v) is 17.3. The number of carbonyl (C=O) groups excluding carboxylic acids is 1. The number of rotatable bonds is 4. The smallest absolute Gasteiger partial charge is 0.256 e. The SMILES string of the molecule is O=C(Nc1ccc(N2CCCCC2)cc1)c1cc(-c2ccncc2)nc2ccccc12. The van der Waals surface area contributed by atoms with E-state index in [0.29, 0.717) is 5.56 Å². The Kier molecular flexibility index (Phi) is 5.31. The summed E-state index contributed by atoms with van der Waals surface area (Å²) in [7, 11) is 0. The van der Waals surface area contributed by atoms with Crippen LogP contribution in [0.2, 0.25) is 0 Å². The molecule has 0 aliphatic carbocycles. The van der Waals surface area contributed by atoms with Crippen molar-refractivity contribution in [2.45, 2.75) is 19.3 Å². The number of para-hydroxylation sites is 1. The first kappa shape index (κ1) is 19.2. The van der Waals surface area contributed by atoms with Gasteiger partial charge < -0.3 is 10.2 Å². The minimum absolute atomic E-state index is 0.139. The molecule has 5 rings (SSSR count). The number of aromatic nitrogens is 2. The summed E-state index contributed by atoms with van der Waals surface area (Å²) in [5, 5.41) is 3.90. The van der Waals surface area contributed by atoms with Gasteiger partial charge >= 0.3 is 0 Å². The fourth-order valence-electron chi connectivity index (χ4n) is 4.14. The highest BCUT2D eigenvalue weighted by Gasteiger charge is 2.15. The van der Waals surface area contributed by atoms with Gasteiger partial charge in [0.2, 0.25) is 0 Å². The molecule has 5 heteroatoms. The lowest BCUT2D eigenvalue weighted by molar-refractivity contribution is 0.102. The molecule has 1 amide bonds. The Bertz CT molecular complexity index is 1200. The normalized spacial score (nSPS) is 13.9. The summed E-state index contributed by atoms with van der Waals surface area (Å²) < 4.78 is 0. The number of nitrogens with one attached hydrogen (secondary N) is 1. The molecule has 0 unspecified atom stereocenters. The average molecular weight is 409 g/mol. The number of benzene rings is 2. The van der Waals surface area contributed by atoms with Crippen molar-refractivity contribution in [2.24, 2.45) is 0 Å². The Morgan fingerprint density at radius 1 is 0.871 bits per heavy atom. The highest BCUT2D eigenvalue weighted by molar-refractivity contribution is 6.13. The molecule has 0 bridgehead atoms. The molecule has 31 heavy (non-hydrogen) atoms. The maximum Gasteiger partial charge on any atom is 0.256 e. The fourth-order valence-corrected chi connectivity index (χ4v) is 4.14. The zero-order valence-electron chi connectivity index (χ0n) is 17.3. The van der Waals surface area contributed by atoms with Gasteiger partial charge in [-0.2, -0.15) is 0 Å². The van der Waals surface area contributed by atoms with Crippen LogP contribution in [0, 0.1) is 0 Å². The van der Waals surface area contributed by atoms with Crippen molar-refractivity contribution < 1.29 is 4.79 Å². The molecule has 1 aliphatic rings. The van der Waals surface area contributed by atoms with Gasteiger partial charge in [0.25, 0.3) is 5.91 Å². The summed E-state index contributed by atoms with van der Waals surface area (Å²) >= 11 is 0. The molecule has 0 spiro atoms. The van der Waals surface area contributed by atoms with E-state index in [2.05, 4.69) is 27.3 Å². The van der Waals surface area contributed by atoms with E-state index in [9.17, 15) is 4.79 Å². The summed E-state index contributed by atoms with van der Waals surface area (Å²) in [4.78, 5) is 24.5. The van der Waals surface area contributed by atoms with Crippen LogP contribution in [0.25, 0.3) is 22.2 Å². The third kappa shape index (κ3) is 4.12. The van der Waals surface area contributed by atoms with E-state index in [4.69, 9.17) is 4.98 Å². The van der Waals surface area contributed by atoms with Crippen LogP contribution in [0.3, 0.4) is 0 Å². The van der Waals surface area contributed by atoms with Gasteiger partial charge in [-0.05, 0) is 67.8 Å². The lowest BCUT2D eigenvalue weighted by atomic mass is 10.0. The molecule has 4 aromatic rings. The first-order valence-electron chi connectivity index (χ1n) is 10.7. The lowest BCUT2D eigenvalue weighted by Gasteiger charge is -2.28. The van der Waals surface area contributed by atoms with Crippen LogP contribution in [-0.4, -0.2) is 29.0 Å². The number of fused-ring (bicyclic) bond motifs is 1. The highest BCUT2D eigenvalue weighted by Crippen LogP contribution is 2.26. The monoisotopic (exact) mass is 408 g/mol. The molecule has 1 N–H and O–H groups in total. The minimum atomic E-state index is -0.139. The summed E-state index contributed by atoms with van der Waals surface area (Å²) in [6.45, 7) is 2.21. The number of anilines is 2. The van der Waals surface area contributed by atoms with E-state index in [1.54, 1.807) is 12.4 Å². The Morgan fingerprint density at radius 3 is 2.39 bits per heavy atom. The fraction of sp³-hybridized carbons (Fsp3) is 0.192. The second-order valence-electron chi connectivity index (χ2n) is 7.86. The lowest BCUT2D eigenvalue weighted by Crippen LogP contribution is -2.29. The van der Waals surface area contributed by atoms with Crippen LogP contribution in [-0.2, 0) is 0 Å². The standard InChI is InChI=1S/C26H24N4O/c31-26(28-20-8-10-21(11-9-20)30-16-4-1-5-17-30)23-18-25(19-12-14-27-15-13-19)29-24-7-3-2-6-22(23)24/h2-3,6-15,18H,1,4-5,16-17H2,(H,28,31). The summed E-state index contributed by atoms with van der Waals surface area (Å²) in [5.74, 6) is -0.139. The first-order chi connectivity index (χ1) is 15.3. The number of carbonyl (C=O) groups is 1. The van der Waals surface area contributed by atoms with Gasteiger partial charge in [-0.1, -0.05) is 18.2 Å². The van der Waals surface area contributed by atoms with Gasteiger partial charge in [0, 0.05) is 47.8 Å². The van der Waals surface area contributed by atoms with Crippen molar-refractivity contribution in [3.8, 4) is 11.3 Å². The van der Waals surface area contributed by atoms with Crippen molar-refractivity contribution in [1.82, 2.24) is 9.97 Å². The van der Waals surface area contributed by atoms with Crippen LogP contribution < -0.4 is 10.2 Å². The molecular formula is C26H24N4O. The topological polar surface area (TPSA) is 58.1 Å². The summed E-state index contributed by atoms with van der Waals surface area (Å²) in [6, 6.07) is 21.5. The molecule has 5 nitrogen and oxygen atoms in total. The molecule has 3 heterocycles. The Morgan fingerprint density at radius 2 is 1.61 bits per heavy atom. The molecular weight excluding hydrogens is 384 g/mol. The van der Waals surface area contributed by atoms with Crippen molar-refractivity contribution in [2.75, 3.05) is 23.3 Å². The zero-order chi connectivity index (χ0) is 21.0. The largest absolute Gasteiger partial charge is 0.372 e. The number of nitrogens with zero attached hydrogens (tertiary/aromatic N) is 3. The van der Waals surface area contributed by atoms with Crippen molar-refractivity contribution >= 4 is 28.2 Å². The Hall–Kier alpha value is -3.73. The van der Waals surface area contributed by atoms with Gasteiger partial charge in [-0.15, -0.1) is 0 Å². The highest BCUT2D eigenvalue weighted by atomic mass is 16.1. The number of piperidine rings is 1. The van der Waals surface area contributed by atoms with E-state index in [0.717, 1.165) is 40.9 Å². The van der Waals surface area contributed by atoms with Gasteiger partial charge in [-0.25, -0.2) is 4.98 Å². The van der Waals surface area contributed by atoms with E-state index in [-0.39, 0.29) is 5.91 Å². The van der Waals surface area contributed by atoms with Crippen LogP contribution in [0.15, 0.2) is 79.1 Å². The number of hydrogen-bond acceptors (Lipinski definition) is 4. The second kappa shape index (κ2) is 8.56. The van der Waals surface area contributed by atoms with E-state index in [1.807, 2.05) is 54.6 Å². The quantitative estimate of drug-likeness (QED) is 0.482. The van der Waals surface area contributed by atoms with Gasteiger partial charge in [0.15, 0.2) is 0 Å². The maximum absolute atomic E-state index is 13.2. The maximum atomic E-state index is 13.2. The van der Waals surface area contributed by atoms with Crippen molar-refractivity contribution in [1.29, 1.82) is 0 Å². The predicted octanol–water partition coefficient (Wildman–Crippen LogP) is 5.54. The molecule has 1 saturated heterocycles. The molecule has 154 valence electrons. The van der Waals surface area contributed by atoms with E-state index >= 15 is 0 Å². The summed E-state index contributed by atoms with van der Waals surface area (Å²) in [6.07, 6.45) is 7.26. The molecule has 2 aromatic heterocycles. The molecule has 0 radical (unpaired) electrons. The molecule has 0 saturated carbocycles. The van der Waals surface area contributed by atoms with E-state index < -0.39 is 0 Å². The van der Waals surface area contributed by atoms with Crippen molar-refractivity contribution in [3.05, 3.63) is 84.7 Å². The third-order valence-corrected chi connectivity index (χ3v) is 5.78. The number of amides is 1.